The van der Waals surface area contributed by atoms with E-state index in [4.69, 9.17) is 4.74 Å². The van der Waals surface area contributed by atoms with Gasteiger partial charge in [0.25, 0.3) is 0 Å². The molecule has 2 aliphatic rings. The summed E-state index contributed by atoms with van der Waals surface area (Å²) >= 11 is 0. The van der Waals surface area contributed by atoms with Crippen molar-refractivity contribution in [1.29, 1.82) is 0 Å². The first-order valence-corrected chi connectivity index (χ1v) is 6.74. The minimum absolute atomic E-state index is 0.238. The summed E-state index contributed by atoms with van der Waals surface area (Å²) in [6.07, 6.45) is -1.74. The van der Waals surface area contributed by atoms with Gasteiger partial charge in [0.05, 0.1) is 0 Å². The second kappa shape index (κ2) is 4.93. The summed E-state index contributed by atoms with van der Waals surface area (Å²) in [5.41, 5.74) is 0.840. The Morgan fingerprint density at radius 3 is 2.50 bits per heavy atom. The van der Waals surface area contributed by atoms with Crippen LogP contribution < -0.4 is 4.74 Å². The molecule has 0 unspecified atom stereocenters. The number of rotatable bonds is 1. The average molecular weight is 287 g/mol. The maximum Gasteiger partial charge on any atom is 0.539 e. The predicted octanol–water partition coefficient (Wildman–Crippen LogP) is 3.30. The molecule has 1 fully saturated rings. The summed E-state index contributed by atoms with van der Waals surface area (Å²) in [5.74, 6) is 0.865. The fourth-order valence-electron chi connectivity index (χ4n) is 2.94. The van der Waals surface area contributed by atoms with Crippen LogP contribution in [0.2, 0.25) is 0 Å². The Bertz CT molecular complexity index is 482. The highest BCUT2D eigenvalue weighted by atomic mass is 19.4. The molecule has 110 valence electrons. The van der Waals surface area contributed by atoms with Crippen molar-refractivity contribution in [3.05, 3.63) is 29.8 Å². The Balaban J connectivity index is 1.64. The van der Waals surface area contributed by atoms with Crippen molar-refractivity contribution in [1.82, 2.24) is 5.06 Å². The first-order valence-electron chi connectivity index (χ1n) is 6.74. The molecule has 0 N–H and O–H groups in total. The molecule has 1 spiro atoms. The van der Waals surface area contributed by atoms with Crippen LogP contribution in [0.5, 0.6) is 5.75 Å². The number of fused-ring (bicyclic) bond motifs is 1. The van der Waals surface area contributed by atoms with Crippen LogP contribution in [-0.2, 0) is 11.3 Å². The highest BCUT2D eigenvalue weighted by molar-refractivity contribution is 5.36. The standard InChI is InChI=1S/C14H16F3NO2/c15-14(16,17)20-18-9-7-13(8-10-18)6-5-11-3-1-2-4-12(11)19-13/h1-4H,5-10H2. The molecular formula is C14H16F3NO2. The van der Waals surface area contributed by atoms with Gasteiger partial charge in [-0.05, 0) is 24.5 Å². The van der Waals surface area contributed by atoms with Gasteiger partial charge in [0.1, 0.15) is 11.4 Å². The highest BCUT2D eigenvalue weighted by Crippen LogP contribution is 2.39. The van der Waals surface area contributed by atoms with Gasteiger partial charge in [-0.1, -0.05) is 18.2 Å². The maximum absolute atomic E-state index is 12.2. The third-order valence-electron chi connectivity index (χ3n) is 4.02. The van der Waals surface area contributed by atoms with Gasteiger partial charge in [0.2, 0.25) is 0 Å². The number of piperidine rings is 1. The summed E-state index contributed by atoms with van der Waals surface area (Å²) < 4.78 is 42.6. The lowest BCUT2D eigenvalue weighted by molar-refractivity contribution is -0.419. The van der Waals surface area contributed by atoms with Crippen molar-refractivity contribution < 1.29 is 22.7 Å². The molecule has 0 radical (unpaired) electrons. The number of para-hydroxylation sites is 1. The molecule has 3 nitrogen and oxygen atoms in total. The molecular weight excluding hydrogens is 271 g/mol. The van der Waals surface area contributed by atoms with Crippen molar-refractivity contribution in [3.63, 3.8) is 0 Å². The number of benzene rings is 1. The monoisotopic (exact) mass is 287 g/mol. The Hall–Kier alpha value is -1.27. The van der Waals surface area contributed by atoms with Gasteiger partial charge in [-0.2, -0.15) is 5.06 Å². The molecule has 1 aromatic rings. The van der Waals surface area contributed by atoms with Crippen LogP contribution in [0.1, 0.15) is 24.8 Å². The van der Waals surface area contributed by atoms with Gasteiger partial charge < -0.3 is 4.74 Å². The van der Waals surface area contributed by atoms with Gasteiger partial charge >= 0.3 is 6.36 Å². The van der Waals surface area contributed by atoms with Gasteiger partial charge in [-0.25, -0.2) is 4.84 Å². The molecule has 6 heteroatoms. The second-order valence-electron chi connectivity index (χ2n) is 5.36. The quantitative estimate of drug-likeness (QED) is 0.791. The largest absolute Gasteiger partial charge is 0.539 e. The number of hydrogen-bond acceptors (Lipinski definition) is 3. The zero-order valence-corrected chi connectivity index (χ0v) is 10.9. The fraction of sp³-hybridized carbons (Fsp3) is 0.571. The average Bonchev–Trinajstić information content (AvgIpc) is 2.40. The van der Waals surface area contributed by atoms with E-state index in [1.807, 2.05) is 24.3 Å². The smallest absolute Gasteiger partial charge is 0.487 e. The number of alkyl halides is 3. The summed E-state index contributed by atoms with van der Waals surface area (Å²) in [6.45, 7) is 0.476. The Morgan fingerprint density at radius 1 is 1.10 bits per heavy atom. The first-order chi connectivity index (χ1) is 9.46. The summed E-state index contributed by atoms with van der Waals surface area (Å²) in [4.78, 5) is 3.96. The lowest BCUT2D eigenvalue weighted by Gasteiger charge is -2.44. The molecule has 1 aromatic carbocycles. The predicted molar refractivity (Wildman–Crippen MR) is 66.1 cm³/mol. The highest BCUT2D eigenvalue weighted by Gasteiger charge is 2.42. The van der Waals surface area contributed by atoms with Crippen molar-refractivity contribution in [2.24, 2.45) is 0 Å². The Labute approximate surface area is 115 Å². The number of halogens is 3. The molecule has 0 bridgehead atoms. The number of ether oxygens (including phenoxy) is 1. The molecule has 2 heterocycles. The van der Waals surface area contributed by atoms with Crippen molar-refractivity contribution in [3.8, 4) is 5.75 Å². The van der Waals surface area contributed by atoms with Crippen LogP contribution in [0.25, 0.3) is 0 Å². The van der Waals surface area contributed by atoms with E-state index in [9.17, 15) is 13.2 Å². The number of hydrogen-bond donors (Lipinski definition) is 0. The van der Waals surface area contributed by atoms with Crippen LogP contribution >= 0.6 is 0 Å². The second-order valence-corrected chi connectivity index (χ2v) is 5.36. The molecule has 0 atom stereocenters. The molecule has 0 aromatic heterocycles. The van der Waals surface area contributed by atoms with Crippen molar-refractivity contribution in [2.75, 3.05) is 13.1 Å². The summed E-state index contributed by atoms with van der Waals surface area (Å²) in [7, 11) is 0. The lowest BCUT2D eigenvalue weighted by Crippen LogP contribution is -2.50. The van der Waals surface area contributed by atoms with E-state index in [0.29, 0.717) is 12.8 Å². The first kappa shape index (κ1) is 13.7. The summed E-state index contributed by atoms with van der Waals surface area (Å²) in [5, 5.41) is 0.981. The van der Waals surface area contributed by atoms with Crippen LogP contribution in [0, 0.1) is 0 Å². The van der Waals surface area contributed by atoms with E-state index < -0.39 is 6.36 Å². The third kappa shape index (κ3) is 2.91. The molecule has 2 aliphatic heterocycles. The molecule has 3 rings (SSSR count). The Kier molecular flexibility index (Phi) is 3.38. The van der Waals surface area contributed by atoms with E-state index in [0.717, 1.165) is 23.7 Å². The minimum Gasteiger partial charge on any atom is -0.487 e. The van der Waals surface area contributed by atoms with E-state index >= 15 is 0 Å². The van der Waals surface area contributed by atoms with Crippen LogP contribution in [0.3, 0.4) is 0 Å². The van der Waals surface area contributed by atoms with Gasteiger partial charge in [-0.3, -0.25) is 0 Å². The van der Waals surface area contributed by atoms with Gasteiger partial charge in [0.15, 0.2) is 0 Å². The van der Waals surface area contributed by atoms with Crippen molar-refractivity contribution in [2.45, 2.75) is 37.6 Å². The van der Waals surface area contributed by atoms with E-state index in [2.05, 4.69) is 4.84 Å². The van der Waals surface area contributed by atoms with Crippen LogP contribution in [0.15, 0.2) is 24.3 Å². The normalized spacial score (nSPS) is 22.4. The number of aryl methyl sites for hydroxylation is 1. The van der Waals surface area contributed by atoms with E-state index in [1.165, 1.54) is 5.56 Å². The molecule has 1 saturated heterocycles. The summed E-state index contributed by atoms with van der Waals surface area (Å²) in [6, 6.07) is 7.85. The molecule has 20 heavy (non-hydrogen) atoms. The van der Waals surface area contributed by atoms with E-state index in [-0.39, 0.29) is 18.7 Å². The molecule has 0 saturated carbocycles. The number of nitrogens with zero attached hydrogens (tertiary/aromatic N) is 1. The molecule has 0 aliphatic carbocycles. The van der Waals surface area contributed by atoms with Crippen LogP contribution in [0.4, 0.5) is 13.2 Å². The maximum atomic E-state index is 12.2. The van der Waals surface area contributed by atoms with Gasteiger partial charge in [0, 0.05) is 25.9 Å². The van der Waals surface area contributed by atoms with Crippen LogP contribution in [-0.4, -0.2) is 30.1 Å². The minimum atomic E-state index is -4.61. The topological polar surface area (TPSA) is 21.7 Å². The zero-order chi connectivity index (χ0) is 14.2. The van der Waals surface area contributed by atoms with E-state index in [1.54, 1.807) is 0 Å². The van der Waals surface area contributed by atoms with Crippen molar-refractivity contribution >= 4 is 0 Å². The third-order valence-corrected chi connectivity index (χ3v) is 4.02. The lowest BCUT2D eigenvalue weighted by atomic mass is 9.83. The SMILES string of the molecule is FC(F)(F)ON1CCC2(CCc3ccccc3O2)CC1. The van der Waals surface area contributed by atoms with Gasteiger partial charge in [-0.15, -0.1) is 13.2 Å². The number of hydroxylamine groups is 2. The zero-order valence-electron chi connectivity index (χ0n) is 10.9. The Morgan fingerprint density at radius 2 is 1.80 bits per heavy atom. The fourth-order valence-corrected chi connectivity index (χ4v) is 2.94. The molecule has 0 amide bonds.